The summed E-state index contributed by atoms with van der Waals surface area (Å²) < 4.78 is 36.2. The van der Waals surface area contributed by atoms with Crippen molar-refractivity contribution in [3.8, 4) is 11.5 Å². The fourth-order valence-electron chi connectivity index (χ4n) is 1.34. The Morgan fingerprint density at radius 1 is 1.29 bits per heavy atom. The zero-order valence-corrected chi connectivity index (χ0v) is 7.22. The van der Waals surface area contributed by atoms with Crippen LogP contribution in [0.15, 0.2) is 6.07 Å². The number of fused-ring (bicyclic) bond motifs is 1. The first kappa shape index (κ1) is 9.21. The van der Waals surface area contributed by atoms with Crippen LogP contribution < -0.4 is 9.47 Å². The van der Waals surface area contributed by atoms with Gasteiger partial charge in [-0.2, -0.15) is 0 Å². The minimum atomic E-state index is -1.09. The highest BCUT2D eigenvalue weighted by Crippen LogP contribution is 2.36. The van der Waals surface area contributed by atoms with E-state index in [1.54, 1.807) is 0 Å². The number of aliphatic hydroxyl groups excluding tert-OH is 1. The van der Waals surface area contributed by atoms with Crippen molar-refractivity contribution in [3.63, 3.8) is 0 Å². The lowest BCUT2D eigenvalue weighted by Gasteiger charge is -2.20. The summed E-state index contributed by atoms with van der Waals surface area (Å²) in [5.41, 5.74) is -0.195. The summed E-state index contributed by atoms with van der Waals surface area (Å²) in [6.07, 6.45) is 0. The van der Waals surface area contributed by atoms with E-state index in [2.05, 4.69) is 0 Å². The SMILES string of the molecule is OCc1c(F)c(F)cc2c1OCCO2. The van der Waals surface area contributed by atoms with Crippen molar-refractivity contribution in [2.75, 3.05) is 13.2 Å². The lowest BCUT2D eigenvalue weighted by molar-refractivity contribution is 0.161. The zero-order valence-electron chi connectivity index (χ0n) is 7.22. The quantitative estimate of drug-likeness (QED) is 0.744. The van der Waals surface area contributed by atoms with Gasteiger partial charge in [0, 0.05) is 6.07 Å². The van der Waals surface area contributed by atoms with Gasteiger partial charge < -0.3 is 14.6 Å². The Labute approximate surface area is 78.9 Å². The summed E-state index contributed by atoms with van der Waals surface area (Å²) >= 11 is 0. The summed E-state index contributed by atoms with van der Waals surface area (Å²) in [6, 6.07) is 0.920. The molecule has 0 radical (unpaired) electrons. The van der Waals surface area contributed by atoms with E-state index in [-0.39, 0.29) is 23.7 Å². The third-order valence-corrected chi connectivity index (χ3v) is 1.98. The standard InChI is InChI=1S/C9H8F2O3/c10-6-3-7-9(14-2-1-13-7)5(4-12)8(6)11/h3,12H,1-2,4H2. The highest BCUT2D eigenvalue weighted by atomic mass is 19.2. The van der Waals surface area contributed by atoms with E-state index in [4.69, 9.17) is 14.6 Å². The summed E-state index contributed by atoms with van der Waals surface area (Å²) in [7, 11) is 0. The zero-order chi connectivity index (χ0) is 10.1. The van der Waals surface area contributed by atoms with Crippen LogP contribution in [-0.2, 0) is 6.61 Å². The van der Waals surface area contributed by atoms with Crippen molar-refractivity contribution >= 4 is 0 Å². The molecule has 14 heavy (non-hydrogen) atoms. The average Bonchev–Trinajstić information content (AvgIpc) is 2.20. The maximum absolute atomic E-state index is 13.1. The molecule has 0 bridgehead atoms. The Kier molecular flexibility index (Phi) is 2.25. The smallest absolute Gasteiger partial charge is 0.170 e. The van der Waals surface area contributed by atoms with Crippen LogP contribution in [0.4, 0.5) is 8.78 Å². The second-order valence-electron chi connectivity index (χ2n) is 2.83. The Morgan fingerprint density at radius 3 is 2.71 bits per heavy atom. The van der Waals surface area contributed by atoms with Gasteiger partial charge >= 0.3 is 0 Å². The number of aliphatic hydroxyl groups is 1. The summed E-state index contributed by atoms with van der Waals surface area (Å²) in [5, 5.41) is 8.86. The van der Waals surface area contributed by atoms with Gasteiger partial charge in [-0.05, 0) is 0 Å². The fraction of sp³-hybridized carbons (Fsp3) is 0.333. The van der Waals surface area contributed by atoms with Crippen molar-refractivity contribution in [1.29, 1.82) is 0 Å². The van der Waals surface area contributed by atoms with Gasteiger partial charge in [-0.15, -0.1) is 0 Å². The molecule has 0 fully saturated rings. The molecule has 1 aliphatic heterocycles. The van der Waals surface area contributed by atoms with Crippen LogP contribution in [0.25, 0.3) is 0 Å². The monoisotopic (exact) mass is 202 g/mol. The van der Waals surface area contributed by atoms with Crippen LogP contribution in [-0.4, -0.2) is 18.3 Å². The lowest BCUT2D eigenvalue weighted by Crippen LogP contribution is -2.17. The molecule has 0 saturated carbocycles. The maximum atomic E-state index is 13.1. The number of benzene rings is 1. The van der Waals surface area contributed by atoms with Crippen molar-refractivity contribution in [3.05, 3.63) is 23.3 Å². The predicted octanol–water partition coefficient (Wildman–Crippen LogP) is 1.23. The Bertz CT molecular complexity index is 366. The van der Waals surface area contributed by atoms with Gasteiger partial charge in [0.1, 0.15) is 13.2 Å². The van der Waals surface area contributed by atoms with Crippen LogP contribution >= 0.6 is 0 Å². The van der Waals surface area contributed by atoms with Gasteiger partial charge in [-0.3, -0.25) is 0 Å². The van der Waals surface area contributed by atoms with Crippen molar-refractivity contribution in [1.82, 2.24) is 0 Å². The molecular formula is C9H8F2O3. The molecule has 76 valence electrons. The first-order valence-electron chi connectivity index (χ1n) is 4.11. The highest BCUT2D eigenvalue weighted by Gasteiger charge is 2.22. The number of halogens is 2. The number of rotatable bonds is 1. The van der Waals surface area contributed by atoms with E-state index >= 15 is 0 Å². The Hall–Kier alpha value is -1.36. The van der Waals surface area contributed by atoms with Crippen molar-refractivity contribution in [2.24, 2.45) is 0 Å². The molecule has 3 nitrogen and oxygen atoms in total. The van der Waals surface area contributed by atoms with Gasteiger partial charge in [0.2, 0.25) is 0 Å². The minimum absolute atomic E-state index is 0.0950. The normalized spacial score (nSPS) is 14.2. The molecule has 2 rings (SSSR count). The van der Waals surface area contributed by atoms with Crippen LogP contribution in [0.5, 0.6) is 11.5 Å². The summed E-state index contributed by atoms with van der Waals surface area (Å²) in [6.45, 7) is -0.0523. The van der Waals surface area contributed by atoms with Gasteiger partial charge in [-0.25, -0.2) is 8.78 Å². The first-order chi connectivity index (χ1) is 6.74. The lowest BCUT2D eigenvalue weighted by atomic mass is 10.1. The molecule has 1 aromatic rings. The molecule has 1 aromatic carbocycles. The molecule has 0 unspecified atom stereocenters. The molecule has 0 atom stereocenters. The first-order valence-corrected chi connectivity index (χ1v) is 4.11. The van der Waals surface area contributed by atoms with Crippen molar-refractivity contribution in [2.45, 2.75) is 6.61 Å². The molecule has 0 aliphatic carbocycles. The van der Waals surface area contributed by atoms with E-state index in [1.165, 1.54) is 0 Å². The van der Waals surface area contributed by atoms with E-state index in [0.717, 1.165) is 6.07 Å². The number of ether oxygens (including phenoxy) is 2. The van der Waals surface area contributed by atoms with Gasteiger partial charge in [-0.1, -0.05) is 0 Å². The third kappa shape index (κ3) is 1.29. The number of hydrogen-bond acceptors (Lipinski definition) is 3. The van der Waals surface area contributed by atoms with E-state index < -0.39 is 18.2 Å². The average molecular weight is 202 g/mol. The molecule has 0 amide bonds. The van der Waals surface area contributed by atoms with Gasteiger partial charge in [0.05, 0.1) is 12.2 Å². The Morgan fingerprint density at radius 2 is 2.00 bits per heavy atom. The molecule has 0 aromatic heterocycles. The third-order valence-electron chi connectivity index (χ3n) is 1.98. The second kappa shape index (κ2) is 3.42. The number of hydrogen-bond donors (Lipinski definition) is 1. The predicted molar refractivity (Wildman–Crippen MR) is 43.3 cm³/mol. The van der Waals surface area contributed by atoms with Crippen LogP contribution in [0.1, 0.15) is 5.56 Å². The fourth-order valence-corrected chi connectivity index (χ4v) is 1.34. The minimum Gasteiger partial charge on any atom is -0.486 e. The molecule has 5 heteroatoms. The largest absolute Gasteiger partial charge is 0.486 e. The molecular weight excluding hydrogens is 194 g/mol. The Balaban J connectivity index is 2.60. The topological polar surface area (TPSA) is 38.7 Å². The molecule has 1 heterocycles. The summed E-state index contributed by atoms with van der Waals surface area (Å²) in [4.78, 5) is 0. The van der Waals surface area contributed by atoms with Crippen LogP contribution in [0, 0.1) is 11.6 Å². The van der Waals surface area contributed by atoms with E-state index in [9.17, 15) is 8.78 Å². The summed E-state index contributed by atoms with van der Waals surface area (Å²) in [5.74, 6) is -1.90. The molecule has 1 N–H and O–H groups in total. The highest BCUT2D eigenvalue weighted by molar-refractivity contribution is 5.48. The molecule has 0 spiro atoms. The van der Waals surface area contributed by atoms with E-state index in [1.807, 2.05) is 0 Å². The van der Waals surface area contributed by atoms with Crippen molar-refractivity contribution < 1.29 is 23.4 Å². The van der Waals surface area contributed by atoms with Crippen LogP contribution in [0.2, 0.25) is 0 Å². The maximum Gasteiger partial charge on any atom is 0.170 e. The van der Waals surface area contributed by atoms with E-state index in [0.29, 0.717) is 6.61 Å². The molecule has 0 saturated heterocycles. The second-order valence-corrected chi connectivity index (χ2v) is 2.83. The van der Waals surface area contributed by atoms with Gasteiger partial charge in [0.25, 0.3) is 0 Å². The van der Waals surface area contributed by atoms with Crippen LogP contribution in [0.3, 0.4) is 0 Å². The molecule has 1 aliphatic rings. The van der Waals surface area contributed by atoms with Gasteiger partial charge in [0.15, 0.2) is 23.1 Å².